The molecule has 0 radical (unpaired) electrons. The van der Waals surface area contributed by atoms with E-state index in [0.29, 0.717) is 30.2 Å². The monoisotopic (exact) mass is 390 g/mol. The molecule has 2 aromatic carbocycles. The average Bonchev–Trinajstić information content (AvgIpc) is 3.28. The molecule has 8 heteroatoms. The molecule has 1 atom stereocenters. The summed E-state index contributed by atoms with van der Waals surface area (Å²) < 4.78 is 23.9. The van der Waals surface area contributed by atoms with Crippen LogP contribution >= 0.6 is 11.6 Å². The minimum Gasteiger partial charge on any atom is -0.454 e. The molecule has 2 aliphatic rings. The molecule has 0 aromatic heterocycles. The van der Waals surface area contributed by atoms with Crippen molar-refractivity contribution >= 4 is 29.1 Å². The number of carbonyl (C=O) groups is 2. The molecular weight excluding hydrogens is 375 g/mol. The van der Waals surface area contributed by atoms with E-state index in [0.717, 1.165) is 5.56 Å². The molecule has 0 aliphatic carbocycles. The van der Waals surface area contributed by atoms with Crippen molar-refractivity contribution in [3.63, 3.8) is 0 Å². The summed E-state index contributed by atoms with van der Waals surface area (Å²) in [6.07, 6.45) is 0.390. The van der Waals surface area contributed by atoms with E-state index in [9.17, 15) is 14.0 Å². The Labute approximate surface area is 159 Å². The lowest BCUT2D eigenvalue weighted by atomic mass is 10.1. The van der Waals surface area contributed by atoms with Crippen molar-refractivity contribution in [2.45, 2.75) is 13.0 Å². The second kappa shape index (κ2) is 7.08. The molecule has 2 aromatic rings. The lowest BCUT2D eigenvalue weighted by Gasteiger charge is -2.17. The van der Waals surface area contributed by atoms with Crippen LogP contribution in [0.1, 0.15) is 12.0 Å². The van der Waals surface area contributed by atoms with Gasteiger partial charge >= 0.3 is 0 Å². The number of benzene rings is 2. The molecule has 1 fully saturated rings. The first kappa shape index (κ1) is 17.6. The molecule has 2 amide bonds. The molecule has 6 nitrogen and oxygen atoms in total. The molecule has 2 heterocycles. The van der Waals surface area contributed by atoms with Crippen molar-refractivity contribution < 1.29 is 23.5 Å². The van der Waals surface area contributed by atoms with Gasteiger partial charge < -0.3 is 19.7 Å². The highest BCUT2D eigenvalue weighted by molar-refractivity contribution is 6.31. The van der Waals surface area contributed by atoms with Gasteiger partial charge in [-0.05, 0) is 42.3 Å². The largest absolute Gasteiger partial charge is 0.454 e. The maximum Gasteiger partial charge on any atom is 0.239 e. The molecule has 2 aliphatic heterocycles. The van der Waals surface area contributed by atoms with Crippen molar-refractivity contribution in [1.82, 2.24) is 5.32 Å². The maximum absolute atomic E-state index is 13.3. The fourth-order valence-corrected chi connectivity index (χ4v) is 3.37. The van der Waals surface area contributed by atoms with Gasteiger partial charge in [0.25, 0.3) is 0 Å². The Bertz CT molecular complexity index is 921. The second-order valence-electron chi connectivity index (χ2n) is 6.33. The first-order valence-corrected chi connectivity index (χ1v) is 8.83. The summed E-state index contributed by atoms with van der Waals surface area (Å²) in [5.74, 6) is -0.676. The van der Waals surface area contributed by atoms with Crippen LogP contribution in [0.5, 0.6) is 11.5 Å². The second-order valence-corrected chi connectivity index (χ2v) is 6.74. The van der Waals surface area contributed by atoms with Gasteiger partial charge in [0.2, 0.25) is 18.6 Å². The third-order valence-electron chi connectivity index (χ3n) is 4.64. The SMILES string of the molecule is O=C(NCc1ccc2c(c1)OCO2)C1CCN(c2ccc(F)c(Cl)c2)C1=O. The van der Waals surface area contributed by atoms with Crippen LogP contribution < -0.4 is 19.7 Å². The number of nitrogens with zero attached hydrogens (tertiary/aromatic N) is 1. The molecular formula is C19H16ClFN2O4. The van der Waals surface area contributed by atoms with Crippen LogP contribution in [-0.4, -0.2) is 25.2 Å². The first-order valence-electron chi connectivity index (χ1n) is 8.45. The molecule has 140 valence electrons. The Kier molecular flexibility index (Phi) is 4.61. The summed E-state index contributed by atoms with van der Waals surface area (Å²) >= 11 is 5.79. The molecule has 4 rings (SSSR count). The van der Waals surface area contributed by atoms with Crippen LogP contribution in [0.15, 0.2) is 36.4 Å². The Hall–Kier alpha value is -2.80. The van der Waals surface area contributed by atoms with Crippen molar-refractivity contribution in [2.75, 3.05) is 18.2 Å². The smallest absolute Gasteiger partial charge is 0.239 e. The fraction of sp³-hybridized carbons (Fsp3) is 0.263. The van der Waals surface area contributed by atoms with E-state index in [-0.39, 0.29) is 30.2 Å². The predicted octanol–water partition coefficient (Wildman–Crippen LogP) is 2.88. The van der Waals surface area contributed by atoms with Gasteiger partial charge in [0.15, 0.2) is 11.5 Å². The van der Waals surface area contributed by atoms with E-state index in [1.54, 1.807) is 12.1 Å². The van der Waals surface area contributed by atoms with Gasteiger partial charge in [-0.15, -0.1) is 0 Å². The standard InChI is InChI=1S/C19H16ClFN2O4/c20-14-8-12(2-3-15(14)21)23-6-5-13(19(23)25)18(24)22-9-11-1-4-16-17(7-11)27-10-26-16/h1-4,7-8,13H,5-6,9-10H2,(H,22,24). The highest BCUT2D eigenvalue weighted by atomic mass is 35.5. The molecule has 1 N–H and O–H groups in total. The summed E-state index contributed by atoms with van der Waals surface area (Å²) in [6, 6.07) is 9.49. The zero-order chi connectivity index (χ0) is 19.0. The zero-order valence-electron chi connectivity index (χ0n) is 14.2. The van der Waals surface area contributed by atoms with E-state index in [4.69, 9.17) is 21.1 Å². The number of fused-ring (bicyclic) bond motifs is 1. The number of hydrogen-bond acceptors (Lipinski definition) is 4. The number of anilines is 1. The summed E-state index contributed by atoms with van der Waals surface area (Å²) in [7, 11) is 0. The van der Waals surface area contributed by atoms with Crippen LogP contribution in [0, 0.1) is 11.7 Å². The fourth-order valence-electron chi connectivity index (χ4n) is 3.20. The predicted molar refractivity (Wildman–Crippen MR) is 96.3 cm³/mol. The van der Waals surface area contributed by atoms with Crippen molar-refractivity contribution in [2.24, 2.45) is 5.92 Å². The normalized spacial score (nSPS) is 18.1. The van der Waals surface area contributed by atoms with Gasteiger partial charge in [-0.1, -0.05) is 17.7 Å². The number of rotatable bonds is 4. The topological polar surface area (TPSA) is 67.9 Å². The minimum absolute atomic E-state index is 0.0593. The zero-order valence-corrected chi connectivity index (χ0v) is 15.0. The summed E-state index contributed by atoms with van der Waals surface area (Å²) in [4.78, 5) is 26.5. The Morgan fingerprint density at radius 3 is 2.85 bits per heavy atom. The van der Waals surface area contributed by atoms with Crippen molar-refractivity contribution in [1.29, 1.82) is 0 Å². The average molecular weight is 391 g/mol. The van der Waals surface area contributed by atoms with E-state index >= 15 is 0 Å². The third-order valence-corrected chi connectivity index (χ3v) is 4.93. The van der Waals surface area contributed by atoms with Crippen molar-refractivity contribution in [3.8, 4) is 11.5 Å². The van der Waals surface area contributed by atoms with E-state index in [1.165, 1.54) is 23.1 Å². The first-order chi connectivity index (χ1) is 13.0. The van der Waals surface area contributed by atoms with Gasteiger partial charge in [0.05, 0.1) is 5.02 Å². The van der Waals surface area contributed by atoms with E-state index in [1.807, 2.05) is 6.07 Å². The minimum atomic E-state index is -0.775. The highest BCUT2D eigenvalue weighted by Gasteiger charge is 2.37. The van der Waals surface area contributed by atoms with Gasteiger partial charge in [0, 0.05) is 18.8 Å². The van der Waals surface area contributed by atoms with Crippen molar-refractivity contribution in [3.05, 3.63) is 52.8 Å². The molecule has 1 unspecified atom stereocenters. The number of ether oxygens (including phenoxy) is 2. The van der Waals surface area contributed by atoms with Crippen LogP contribution in [-0.2, 0) is 16.1 Å². The van der Waals surface area contributed by atoms with Crippen LogP contribution in [0.4, 0.5) is 10.1 Å². The quantitative estimate of drug-likeness (QED) is 0.815. The van der Waals surface area contributed by atoms with Crippen LogP contribution in [0.3, 0.4) is 0 Å². The molecule has 0 bridgehead atoms. The highest BCUT2D eigenvalue weighted by Crippen LogP contribution is 2.32. The van der Waals surface area contributed by atoms with Gasteiger partial charge in [-0.25, -0.2) is 4.39 Å². The lowest BCUT2D eigenvalue weighted by Crippen LogP contribution is -2.36. The number of halogens is 2. The van der Waals surface area contributed by atoms with Gasteiger partial charge in [-0.3, -0.25) is 9.59 Å². The third kappa shape index (κ3) is 3.42. The molecule has 0 spiro atoms. The summed E-state index contributed by atoms with van der Waals surface area (Å²) in [5, 5.41) is 2.73. The molecule has 27 heavy (non-hydrogen) atoms. The van der Waals surface area contributed by atoms with Gasteiger partial charge in [0.1, 0.15) is 11.7 Å². The van der Waals surface area contributed by atoms with E-state index < -0.39 is 11.7 Å². The van der Waals surface area contributed by atoms with E-state index in [2.05, 4.69) is 5.32 Å². The van der Waals surface area contributed by atoms with Crippen LogP contribution in [0.2, 0.25) is 5.02 Å². The Morgan fingerprint density at radius 2 is 2.04 bits per heavy atom. The summed E-state index contributed by atoms with van der Waals surface area (Å²) in [6.45, 7) is 0.843. The number of hydrogen-bond donors (Lipinski definition) is 1. The number of carbonyl (C=O) groups excluding carboxylic acids is 2. The van der Waals surface area contributed by atoms with Gasteiger partial charge in [-0.2, -0.15) is 0 Å². The van der Waals surface area contributed by atoms with Crippen LogP contribution in [0.25, 0.3) is 0 Å². The number of nitrogens with one attached hydrogen (secondary N) is 1. The Morgan fingerprint density at radius 1 is 1.22 bits per heavy atom. The lowest BCUT2D eigenvalue weighted by molar-refractivity contribution is -0.132. The maximum atomic E-state index is 13.3. The summed E-state index contributed by atoms with van der Waals surface area (Å²) in [5.41, 5.74) is 1.33. The Balaban J connectivity index is 1.39. The molecule has 0 saturated carbocycles. The molecule has 1 saturated heterocycles. The number of amides is 2.